The fourth-order valence-electron chi connectivity index (χ4n) is 6.98. The Bertz CT molecular complexity index is 1270. The molecule has 0 aromatic heterocycles. The summed E-state index contributed by atoms with van der Waals surface area (Å²) in [5.74, 6) is 5.04. The second kappa shape index (κ2) is 11.7. The van der Waals surface area contributed by atoms with Gasteiger partial charge in [-0.15, -0.1) is 0 Å². The van der Waals surface area contributed by atoms with Gasteiger partial charge in [0.15, 0.2) is 0 Å². The van der Waals surface area contributed by atoms with E-state index in [1.54, 1.807) is 0 Å². The molecule has 2 fully saturated rings. The van der Waals surface area contributed by atoms with Crippen molar-refractivity contribution in [3.63, 3.8) is 0 Å². The van der Waals surface area contributed by atoms with Crippen molar-refractivity contribution in [3.8, 4) is 23.0 Å². The lowest BCUT2D eigenvalue weighted by molar-refractivity contribution is 0.163. The van der Waals surface area contributed by atoms with E-state index in [0.717, 1.165) is 46.2 Å². The Labute approximate surface area is 238 Å². The largest absolute Gasteiger partial charge is 0.457 e. The van der Waals surface area contributed by atoms with Crippen molar-refractivity contribution >= 4 is 11.4 Å². The normalized spacial score (nSPS) is 17.8. The zero-order valence-electron chi connectivity index (χ0n) is 23.2. The number of rotatable bonds is 7. The minimum absolute atomic E-state index is 0.00930. The van der Waals surface area contributed by atoms with Gasteiger partial charge < -0.3 is 20.9 Å². The lowest BCUT2D eigenvalue weighted by Crippen LogP contribution is -2.35. The second-order valence-corrected chi connectivity index (χ2v) is 11.7. The molecule has 206 valence electrons. The monoisotopic (exact) mass is 532 g/mol. The first kappa shape index (κ1) is 26.3. The van der Waals surface area contributed by atoms with Gasteiger partial charge >= 0.3 is 0 Å². The first-order valence-electron chi connectivity index (χ1n) is 14.9. The van der Waals surface area contributed by atoms with Crippen LogP contribution in [0.15, 0.2) is 97.1 Å². The fraction of sp³-hybridized carbons (Fsp3) is 0.333. The lowest BCUT2D eigenvalue weighted by Gasteiger charge is -2.44. The Morgan fingerprint density at radius 3 is 1.20 bits per heavy atom. The molecule has 0 spiro atoms. The van der Waals surface area contributed by atoms with E-state index in [-0.39, 0.29) is 5.41 Å². The Hall–Kier alpha value is -3.92. The molecule has 4 nitrogen and oxygen atoms in total. The van der Waals surface area contributed by atoms with Crippen LogP contribution in [0.1, 0.15) is 68.9 Å². The number of hydrogen-bond donors (Lipinski definition) is 2. The summed E-state index contributed by atoms with van der Waals surface area (Å²) >= 11 is 0. The van der Waals surface area contributed by atoms with E-state index in [1.165, 1.54) is 68.9 Å². The fourth-order valence-corrected chi connectivity index (χ4v) is 6.98. The Morgan fingerprint density at radius 2 is 0.800 bits per heavy atom. The highest BCUT2D eigenvalue weighted by atomic mass is 16.5. The molecule has 0 saturated heterocycles. The Morgan fingerprint density at radius 1 is 0.450 bits per heavy atom. The van der Waals surface area contributed by atoms with Crippen LogP contribution in [-0.2, 0) is 5.41 Å². The van der Waals surface area contributed by atoms with Gasteiger partial charge in [-0.05, 0) is 121 Å². The number of hydrogen-bond acceptors (Lipinski definition) is 4. The van der Waals surface area contributed by atoms with Crippen molar-refractivity contribution in [1.82, 2.24) is 0 Å². The maximum atomic E-state index is 6.11. The van der Waals surface area contributed by atoms with Crippen molar-refractivity contribution in [2.24, 2.45) is 11.8 Å². The molecule has 40 heavy (non-hydrogen) atoms. The third-order valence-corrected chi connectivity index (χ3v) is 9.25. The summed E-state index contributed by atoms with van der Waals surface area (Å²) in [6, 6.07) is 32.6. The summed E-state index contributed by atoms with van der Waals surface area (Å²) < 4.78 is 12.2. The molecule has 2 aliphatic rings. The van der Waals surface area contributed by atoms with Gasteiger partial charge in [0.2, 0.25) is 0 Å². The highest BCUT2D eigenvalue weighted by Crippen LogP contribution is 2.50. The van der Waals surface area contributed by atoms with Crippen LogP contribution in [0.2, 0.25) is 0 Å². The number of nitrogens with two attached hydrogens (primary N) is 2. The van der Waals surface area contributed by atoms with Crippen LogP contribution in [0, 0.1) is 11.8 Å². The standard InChI is InChI=1S/C36H40N2O2/c37-30-10-18-34(19-11-30)39-32-14-6-28(7-15-32)36(24-22-27(23-25-36)26-4-2-1-3-5-26)29-8-16-33(17-9-29)40-35-20-12-31(38)13-21-35/h6-21,26-27H,1-5,22-25,37-38H2. The molecule has 2 aliphatic carbocycles. The summed E-state index contributed by atoms with van der Waals surface area (Å²) in [5, 5.41) is 0. The van der Waals surface area contributed by atoms with Crippen LogP contribution in [0.3, 0.4) is 0 Å². The molecule has 0 bridgehead atoms. The van der Waals surface area contributed by atoms with E-state index in [4.69, 9.17) is 20.9 Å². The third-order valence-electron chi connectivity index (χ3n) is 9.25. The lowest BCUT2D eigenvalue weighted by atomic mass is 9.60. The maximum absolute atomic E-state index is 6.11. The molecule has 6 rings (SSSR count). The predicted octanol–water partition coefficient (Wildman–Crippen LogP) is 9.49. The molecule has 0 unspecified atom stereocenters. The highest BCUT2D eigenvalue weighted by molar-refractivity contribution is 5.47. The Kier molecular flexibility index (Phi) is 7.68. The minimum Gasteiger partial charge on any atom is -0.457 e. The van der Waals surface area contributed by atoms with Crippen molar-refractivity contribution in [2.75, 3.05) is 11.5 Å². The zero-order chi connectivity index (χ0) is 27.4. The van der Waals surface area contributed by atoms with Crippen LogP contribution in [0.25, 0.3) is 0 Å². The van der Waals surface area contributed by atoms with E-state index in [9.17, 15) is 0 Å². The van der Waals surface area contributed by atoms with E-state index < -0.39 is 0 Å². The molecule has 0 heterocycles. The average molecular weight is 533 g/mol. The summed E-state index contributed by atoms with van der Waals surface area (Å²) in [6.07, 6.45) is 12.0. The van der Waals surface area contributed by atoms with Crippen molar-refractivity contribution < 1.29 is 9.47 Å². The van der Waals surface area contributed by atoms with Gasteiger partial charge in [-0.1, -0.05) is 56.4 Å². The molecule has 2 saturated carbocycles. The van der Waals surface area contributed by atoms with Crippen LogP contribution in [0.4, 0.5) is 11.4 Å². The van der Waals surface area contributed by atoms with Gasteiger partial charge in [0.05, 0.1) is 0 Å². The van der Waals surface area contributed by atoms with Crippen LogP contribution in [-0.4, -0.2) is 0 Å². The van der Waals surface area contributed by atoms with Gasteiger partial charge in [-0.2, -0.15) is 0 Å². The first-order valence-corrected chi connectivity index (χ1v) is 14.9. The van der Waals surface area contributed by atoms with Gasteiger partial charge in [0, 0.05) is 16.8 Å². The third kappa shape index (κ3) is 5.82. The smallest absolute Gasteiger partial charge is 0.127 e. The first-order chi connectivity index (χ1) is 19.6. The molecule has 0 aliphatic heterocycles. The van der Waals surface area contributed by atoms with Crippen LogP contribution >= 0.6 is 0 Å². The molecular formula is C36H40N2O2. The molecular weight excluding hydrogens is 492 g/mol. The molecule has 0 atom stereocenters. The molecule has 4 aromatic carbocycles. The predicted molar refractivity (Wildman–Crippen MR) is 164 cm³/mol. The molecule has 0 amide bonds. The molecule has 4 heteroatoms. The maximum Gasteiger partial charge on any atom is 0.127 e. The molecule has 0 radical (unpaired) electrons. The summed E-state index contributed by atoms with van der Waals surface area (Å²) in [7, 11) is 0. The Balaban J connectivity index is 1.25. The zero-order valence-corrected chi connectivity index (χ0v) is 23.2. The van der Waals surface area contributed by atoms with Gasteiger partial charge in [-0.25, -0.2) is 0 Å². The van der Waals surface area contributed by atoms with Gasteiger partial charge in [-0.3, -0.25) is 0 Å². The van der Waals surface area contributed by atoms with Gasteiger partial charge in [0.1, 0.15) is 23.0 Å². The molecule has 4 aromatic rings. The van der Waals surface area contributed by atoms with Crippen molar-refractivity contribution in [3.05, 3.63) is 108 Å². The average Bonchev–Trinajstić information content (AvgIpc) is 3.01. The van der Waals surface area contributed by atoms with Crippen molar-refractivity contribution in [1.29, 1.82) is 0 Å². The van der Waals surface area contributed by atoms with E-state index in [1.807, 2.05) is 48.5 Å². The van der Waals surface area contributed by atoms with Crippen LogP contribution < -0.4 is 20.9 Å². The number of nitrogen functional groups attached to an aromatic ring is 2. The topological polar surface area (TPSA) is 70.5 Å². The summed E-state index contributed by atoms with van der Waals surface area (Å²) in [6.45, 7) is 0. The summed E-state index contributed by atoms with van der Waals surface area (Å²) in [4.78, 5) is 0. The molecule has 4 N–H and O–H groups in total. The van der Waals surface area contributed by atoms with E-state index in [0.29, 0.717) is 0 Å². The van der Waals surface area contributed by atoms with E-state index in [2.05, 4.69) is 48.5 Å². The quantitative estimate of drug-likeness (QED) is 0.233. The summed E-state index contributed by atoms with van der Waals surface area (Å²) in [5.41, 5.74) is 15.9. The highest BCUT2D eigenvalue weighted by Gasteiger charge is 2.40. The minimum atomic E-state index is -0.00930. The number of benzene rings is 4. The SMILES string of the molecule is Nc1ccc(Oc2ccc(C3(c4ccc(Oc5ccc(N)cc5)cc4)CCC(C4CCCCC4)CC3)cc2)cc1. The second-order valence-electron chi connectivity index (χ2n) is 11.7. The number of anilines is 2. The van der Waals surface area contributed by atoms with Crippen LogP contribution in [0.5, 0.6) is 23.0 Å². The van der Waals surface area contributed by atoms with Crippen molar-refractivity contribution in [2.45, 2.75) is 63.2 Å². The van der Waals surface area contributed by atoms with Gasteiger partial charge in [0.25, 0.3) is 0 Å². The van der Waals surface area contributed by atoms with E-state index >= 15 is 0 Å². The number of ether oxygens (including phenoxy) is 2.